The Balaban J connectivity index is 1.87. The van der Waals surface area contributed by atoms with Crippen molar-refractivity contribution < 1.29 is 69.0 Å². The third kappa shape index (κ3) is 20.1. The molecule has 2 aliphatic rings. The summed E-state index contributed by atoms with van der Waals surface area (Å²) in [5.74, 6) is -0.403. The van der Waals surface area contributed by atoms with Crippen molar-refractivity contribution in [3.8, 4) is 0 Å². The fourth-order valence-electron chi connectivity index (χ4n) is 6.17. The number of esters is 1. The molecule has 0 saturated carbocycles. The van der Waals surface area contributed by atoms with Gasteiger partial charge in [0.2, 0.25) is 0 Å². The Bertz CT molecular complexity index is 1110. The Morgan fingerprint density at radius 1 is 0.607 bits per heavy atom. The number of hydrogen-bond acceptors (Lipinski definition) is 14. The summed E-state index contributed by atoms with van der Waals surface area (Å²) in [6.45, 7) is 3.34. The fraction of sp³-hybridized carbons (Fsp3) is 0.786. The first kappa shape index (κ1) is 50.1. The summed E-state index contributed by atoms with van der Waals surface area (Å²) in [6.07, 6.45) is 15.1. The SMILES string of the molecule is CC/C=C\C/C=C\C/C=C\C/C=C\CCCOCC(COC1OC(COC2OC(CO)C(O)C(O)C2O)C(O)C(O)C1O)OC(=O)CCCCCCCCCC. The van der Waals surface area contributed by atoms with Crippen molar-refractivity contribution in [2.24, 2.45) is 0 Å². The smallest absolute Gasteiger partial charge is 0.306 e. The summed E-state index contributed by atoms with van der Waals surface area (Å²) in [5.41, 5.74) is 0. The third-order valence-corrected chi connectivity index (χ3v) is 9.60. The summed E-state index contributed by atoms with van der Waals surface area (Å²) < 4.78 is 33.9. The van der Waals surface area contributed by atoms with Gasteiger partial charge in [-0.3, -0.25) is 4.79 Å². The van der Waals surface area contributed by atoms with E-state index in [0.29, 0.717) is 13.0 Å². The molecule has 11 atom stereocenters. The molecule has 0 amide bonds. The molecule has 0 radical (unpaired) electrons. The van der Waals surface area contributed by atoms with Crippen LogP contribution in [-0.2, 0) is 33.2 Å². The number of rotatable bonds is 30. The predicted octanol–water partition coefficient (Wildman–Crippen LogP) is 3.67. The van der Waals surface area contributed by atoms with Crippen LogP contribution in [0.4, 0.5) is 0 Å². The monoisotopic (exact) mass is 800 g/mol. The van der Waals surface area contributed by atoms with Crippen molar-refractivity contribution in [3.63, 3.8) is 0 Å². The molecule has 2 rings (SSSR count). The highest BCUT2D eigenvalue weighted by Crippen LogP contribution is 2.26. The first-order valence-corrected chi connectivity index (χ1v) is 20.7. The van der Waals surface area contributed by atoms with Crippen LogP contribution >= 0.6 is 0 Å². The van der Waals surface area contributed by atoms with E-state index in [-0.39, 0.29) is 19.6 Å². The van der Waals surface area contributed by atoms with Crippen molar-refractivity contribution in [1.29, 1.82) is 0 Å². The zero-order chi connectivity index (χ0) is 41.0. The lowest BCUT2D eigenvalue weighted by atomic mass is 9.98. The number of hydrogen-bond donors (Lipinski definition) is 7. The van der Waals surface area contributed by atoms with Gasteiger partial charge in [0.15, 0.2) is 12.6 Å². The Hall–Kier alpha value is -2.05. The molecule has 56 heavy (non-hydrogen) atoms. The summed E-state index contributed by atoms with van der Waals surface area (Å²) >= 11 is 0. The zero-order valence-electron chi connectivity index (χ0n) is 33.6. The van der Waals surface area contributed by atoms with Crippen LogP contribution in [0.2, 0.25) is 0 Å². The van der Waals surface area contributed by atoms with Gasteiger partial charge < -0.3 is 64.2 Å². The van der Waals surface area contributed by atoms with Crippen LogP contribution < -0.4 is 0 Å². The third-order valence-electron chi connectivity index (χ3n) is 9.60. The average molecular weight is 801 g/mol. The van der Waals surface area contributed by atoms with E-state index in [2.05, 4.69) is 62.5 Å². The van der Waals surface area contributed by atoms with Crippen molar-refractivity contribution >= 4 is 5.97 Å². The van der Waals surface area contributed by atoms with Crippen LogP contribution in [0.15, 0.2) is 48.6 Å². The van der Waals surface area contributed by atoms with E-state index in [1.165, 1.54) is 25.7 Å². The van der Waals surface area contributed by atoms with Gasteiger partial charge in [-0.15, -0.1) is 0 Å². The molecule has 2 fully saturated rings. The second kappa shape index (κ2) is 30.9. The Kier molecular flexibility index (Phi) is 27.7. The van der Waals surface area contributed by atoms with Crippen molar-refractivity contribution in [1.82, 2.24) is 0 Å². The van der Waals surface area contributed by atoms with Crippen LogP contribution in [0.25, 0.3) is 0 Å². The molecule has 0 bridgehead atoms. The van der Waals surface area contributed by atoms with Crippen LogP contribution in [0.1, 0.15) is 110 Å². The number of carbonyl (C=O) groups is 1. The van der Waals surface area contributed by atoms with Gasteiger partial charge in [-0.1, -0.05) is 107 Å². The molecule has 0 aromatic carbocycles. The molecule has 2 heterocycles. The lowest BCUT2D eigenvalue weighted by Gasteiger charge is -2.42. The van der Waals surface area contributed by atoms with Crippen molar-refractivity contribution in [3.05, 3.63) is 48.6 Å². The first-order valence-electron chi connectivity index (χ1n) is 20.7. The maximum Gasteiger partial charge on any atom is 0.306 e. The molecule has 7 N–H and O–H groups in total. The van der Waals surface area contributed by atoms with Crippen LogP contribution in [0, 0.1) is 0 Å². The Labute approximate surface area is 333 Å². The number of aliphatic hydroxyl groups is 7. The van der Waals surface area contributed by atoms with Crippen LogP contribution in [-0.4, -0.2) is 142 Å². The molecular weight excluding hydrogens is 728 g/mol. The van der Waals surface area contributed by atoms with Crippen molar-refractivity contribution in [2.45, 2.75) is 178 Å². The van der Waals surface area contributed by atoms with E-state index >= 15 is 0 Å². The molecule has 14 heteroatoms. The van der Waals surface area contributed by atoms with Gasteiger partial charge in [-0.2, -0.15) is 0 Å². The lowest BCUT2D eigenvalue weighted by Crippen LogP contribution is -2.61. The number of allylic oxidation sites excluding steroid dienone is 8. The highest BCUT2D eigenvalue weighted by molar-refractivity contribution is 5.69. The van der Waals surface area contributed by atoms with Gasteiger partial charge in [0.25, 0.3) is 0 Å². The minimum atomic E-state index is -1.71. The summed E-state index contributed by atoms with van der Waals surface area (Å²) in [5, 5.41) is 71.6. The minimum Gasteiger partial charge on any atom is -0.457 e. The molecule has 0 spiro atoms. The van der Waals surface area contributed by atoms with Crippen LogP contribution in [0.5, 0.6) is 0 Å². The molecular formula is C42H72O14. The van der Waals surface area contributed by atoms with Gasteiger partial charge in [0.05, 0.1) is 26.4 Å². The second-order valence-electron chi connectivity index (χ2n) is 14.4. The van der Waals surface area contributed by atoms with Gasteiger partial charge in [0.1, 0.15) is 54.9 Å². The van der Waals surface area contributed by atoms with E-state index in [1.807, 2.05) is 0 Å². The van der Waals surface area contributed by atoms with Gasteiger partial charge in [-0.05, 0) is 44.9 Å². The maximum absolute atomic E-state index is 12.8. The summed E-state index contributed by atoms with van der Waals surface area (Å²) in [6, 6.07) is 0. The fourth-order valence-corrected chi connectivity index (χ4v) is 6.17. The zero-order valence-corrected chi connectivity index (χ0v) is 33.6. The first-order chi connectivity index (χ1) is 27.1. The Morgan fingerprint density at radius 3 is 1.75 bits per heavy atom. The van der Waals surface area contributed by atoms with E-state index in [1.54, 1.807) is 0 Å². The normalized spacial score (nSPS) is 29.3. The Morgan fingerprint density at radius 2 is 1.14 bits per heavy atom. The van der Waals surface area contributed by atoms with Crippen molar-refractivity contribution in [2.75, 3.05) is 33.0 Å². The predicted molar refractivity (Wildman–Crippen MR) is 210 cm³/mol. The lowest BCUT2D eigenvalue weighted by molar-refractivity contribution is -0.332. The molecule has 2 saturated heterocycles. The van der Waals surface area contributed by atoms with E-state index in [9.17, 15) is 40.5 Å². The highest BCUT2D eigenvalue weighted by Gasteiger charge is 2.47. The van der Waals surface area contributed by atoms with Gasteiger partial charge in [0, 0.05) is 13.0 Å². The standard InChI is InChI=1S/C42H72O14/c1-3-5-7-9-11-13-14-15-16-17-18-20-22-24-26-51-28-31(54-34(44)25-23-21-19-12-10-8-6-4-2)29-52-41-40(50)38(48)36(46)33(56-41)30-53-42-39(49)37(47)35(45)32(27-43)55-42/h5,7,11,13,15-16,18,20,31-33,35-43,45-50H,3-4,6,8-10,12,14,17,19,21-30H2,1-2H3/b7-5-,13-11-,16-15-,20-18-. The molecule has 0 aliphatic carbocycles. The summed E-state index contributed by atoms with van der Waals surface area (Å²) in [4.78, 5) is 12.8. The highest BCUT2D eigenvalue weighted by atomic mass is 16.7. The average Bonchev–Trinajstić information content (AvgIpc) is 3.19. The number of carbonyl (C=O) groups excluding carboxylic acids is 1. The minimum absolute atomic E-state index is 0.0228. The molecule has 11 unspecified atom stereocenters. The number of aliphatic hydroxyl groups excluding tert-OH is 7. The maximum atomic E-state index is 12.8. The molecule has 14 nitrogen and oxygen atoms in total. The molecule has 0 aromatic rings. The van der Waals surface area contributed by atoms with Gasteiger partial charge in [-0.25, -0.2) is 0 Å². The quantitative estimate of drug-likeness (QED) is 0.0314. The molecule has 2 aliphatic heterocycles. The topological polar surface area (TPSA) is 214 Å². The number of unbranched alkanes of at least 4 members (excludes halogenated alkanes) is 8. The summed E-state index contributed by atoms with van der Waals surface area (Å²) in [7, 11) is 0. The van der Waals surface area contributed by atoms with E-state index < -0.39 is 86.7 Å². The second-order valence-corrected chi connectivity index (χ2v) is 14.4. The largest absolute Gasteiger partial charge is 0.457 e. The number of ether oxygens (including phenoxy) is 6. The van der Waals surface area contributed by atoms with E-state index in [4.69, 9.17) is 28.4 Å². The van der Waals surface area contributed by atoms with Crippen LogP contribution in [0.3, 0.4) is 0 Å². The molecule has 0 aromatic heterocycles. The molecule has 324 valence electrons. The van der Waals surface area contributed by atoms with E-state index in [0.717, 1.165) is 57.8 Å². The van der Waals surface area contributed by atoms with Gasteiger partial charge >= 0.3 is 5.97 Å².